The fourth-order valence-electron chi connectivity index (χ4n) is 1.87. The molecule has 21 heavy (non-hydrogen) atoms. The second-order valence-corrected chi connectivity index (χ2v) is 8.48. The van der Waals surface area contributed by atoms with Crippen LogP contribution in [0.5, 0.6) is 0 Å². The van der Waals surface area contributed by atoms with Crippen LogP contribution in [0.25, 0.3) is 0 Å². The van der Waals surface area contributed by atoms with Crippen LogP contribution >= 0.6 is 27.3 Å². The molecule has 1 atom stereocenters. The third-order valence-electron chi connectivity index (χ3n) is 3.00. The van der Waals surface area contributed by atoms with Crippen molar-refractivity contribution in [2.45, 2.75) is 24.8 Å². The Morgan fingerprint density at radius 1 is 1.29 bits per heavy atom. The average molecular weight is 392 g/mol. The van der Waals surface area contributed by atoms with E-state index in [1.165, 1.54) is 23.5 Å². The van der Waals surface area contributed by atoms with Crippen molar-refractivity contribution >= 4 is 37.3 Å². The molecule has 0 bridgehead atoms. The van der Waals surface area contributed by atoms with E-state index in [0.29, 0.717) is 0 Å². The molecule has 0 aliphatic heterocycles. The standard InChI is InChI=1S/C14H15BrFNO2S2/c1-9(2)14(13-4-3-7-20-13)17-21(18,19)10-5-6-11(15)12(16)8-10/h3-9,14,17H,1-2H3. The van der Waals surface area contributed by atoms with E-state index in [2.05, 4.69) is 20.7 Å². The lowest BCUT2D eigenvalue weighted by molar-refractivity contribution is 0.468. The average Bonchev–Trinajstić information content (AvgIpc) is 2.92. The zero-order valence-electron chi connectivity index (χ0n) is 11.5. The van der Waals surface area contributed by atoms with E-state index in [1.807, 2.05) is 31.4 Å². The van der Waals surface area contributed by atoms with Gasteiger partial charge in [0.1, 0.15) is 5.82 Å². The highest BCUT2D eigenvalue weighted by atomic mass is 79.9. The van der Waals surface area contributed by atoms with Gasteiger partial charge in [0.25, 0.3) is 0 Å². The molecule has 1 unspecified atom stereocenters. The summed E-state index contributed by atoms with van der Waals surface area (Å²) in [6, 6.07) is 7.21. The Morgan fingerprint density at radius 2 is 2.00 bits per heavy atom. The van der Waals surface area contributed by atoms with Crippen molar-refractivity contribution in [3.05, 3.63) is 50.9 Å². The fraction of sp³-hybridized carbons (Fsp3) is 0.286. The van der Waals surface area contributed by atoms with E-state index in [9.17, 15) is 12.8 Å². The molecule has 0 amide bonds. The minimum absolute atomic E-state index is 0.0783. The van der Waals surface area contributed by atoms with Crippen molar-refractivity contribution in [1.82, 2.24) is 4.72 Å². The van der Waals surface area contributed by atoms with E-state index in [-0.39, 0.29) is 21.3 Å². The molecule has 0 fully saturated rings. The highest BCUT2D eigenvalue weighted by Crippen LogP contribution is 2.28. The molecule has 3 nitrogen and oxygen atoms in total. The molecule has 1 aromatic carbocycles. The summed E-state index contributed by atoms with van der Waals surface area (Å²) in [7, 11) is -3.77. The topological polar surface area (TPSA) is 46.2 Å². The Balaban J connectivity index is 2.32. The summed E-state index contributed by atoms with van der Waals surface area (Å²) < 4.78 is 41.3. The zero-order chi connectivity index (χ0) is 15.6. The van der Waals surface area contributed by atoms with Crippen LogP contribution in [0.1, 0.15) is 24.8 Å². The SMILES string of the molecule is CC(C)C(NS(=O)(=O)c1ccc(Br)c(F)c1)c1cccs1. The van der Waals surface area contributed by atoms with Gasteiger partial charge in [0.2, 0.25) is 10.0 Å². The van der Waals surface area contributed by atoms with E-state index in [0.717, 1.165) is 10.9 Å². The van der Waals surface area contributed by atoms with E-state index >= 15 is 0 Å². The molecule has 0 saturated carbocycles. The minimum atomic E-state index is -3.77. The van der Waals surface area contributed by atoms with Crippen LogP contribution in [0.3, 0.4) is 0 Å². The minimum Gasteiger partial charge on any atom is -0.207 e. The third kappa shape index (κ3) is 3.91. The first kappa shape index (κ1) is 16.6. The largest absolute Gasteiger partial charge is 0.241 e. The molecule has 7 heteroatoms. The van der Waals surface area contributed by atoms with Crippen molar-refractivity contribution in [1.29, 1.82) is 0 Å². The fourth-order valence-corrected chi connectivity index (χ4v) is 4.52. The number of hydrogen-bond acceptors (Lipinski definition) is 3. The van der Waals surface area contributed by atoms with Crippen LogP contribution in [0.2, 0.25) is 0 Å². The van der Waals surface area contributed by atoms with Gasteiger partial charge in [-0.2, -0.15) is 0 Å². The molecule has 0 spiro atoms. The highest BCUT2D eigenvalue weighted by Gasteiger charge is 2.25. The van der Waals surface area contributed by atoms with Crippen molar-refractivity contribution in [3.63, 3.8) is 0 Å². The molecular weight excluding hydrogens is 377 g/mol. The van der Waals surface area contributed by atoms with Crippen LogP contribution in [0.4, 0.5) is 4.39 Å². The maximum Gasteiger partial charge on any atom is 0.241 e. The maximum absolute atomic E-state index is 13.5. The van der Waals surface area contributed by atoms with Gasteiger partial charge in [-0.25, -0.2) is 17.5 Å². The summed E-state index contributed by atoms with van der Waals surface area (Å²) in [5, 5.41) is 1.90. The molecule has 0 radical (unpaired) electrons. The van der Waals surface area contributed by atoms with Crippen molar-refractivity contribution in [2.24, 2.45) is 5.92 Å². The second kappa shape index (κ2) is 6.56. The molecule has 1 heterocycles. The summed E-state index contributed by atoms with van der Waals surface area (Å²) in [5.41, 5.74) is 0. The Morgan fingerprint density at radius 3 is 2.52 bits per heavy atom. The summed E-state index contributed by atoms with van der Waals surface area (Å²) >= 11 is 4.51. The molecular formula is C14H15BrFNO2S2. The molecule has 2 aromatic rings. The van der Waals surface area contributed by atoms with Crippen LogP contribution in [0, 0.1) is 11.7 Å². The molecule has 1 N–H and O–H groups in total. The van der Waals surface area contributed by atoms with E-state index < -0.39 is 15.8 Å². The lowest BCUT2D eigenvalue weighted by Gasteiger charge is -2.21. The monoisotopic (exact) mass is 391 g/mol. The molecule has 0 aliphatic carbocycles. The van der Waals surface area contributed by atoms with Crippen LogP contribution in [-0.2, 0) is 10.0 Å². The number of halogens is 2. The van der Waals surface area contributed by atoms with Gasteiger partial charge < -0.3 is 0 Å². The first-order valence-corrected chi connectivity index (χ1v) is 9.47. The number of benzene rings is 1. The molecule has 2 rings (SSSR count). The Hall–Kier alpha value is -0.760. The first-order chi connectivity index (χ1) is 9.81. The van der Waals surface area contributed by atoms with Crippen LogP contribution in [0.15, 0.2) is 45.1 Å². The second-order valence-electron chi connectivity index (χ2n) is 4.93. The Bertz CT molecular complexity index is 715. The molecule has 1 aromatic heterocycles. The van der Waals surface area contributed by atoms with Gasteiger partial charge in [-0.1, -0.05) is 19.9 Å². The predicted octanol–water partition coefficient (Wildman–Crippen LogP) is 4.33. The Labute approximate surface area is 136 Å². The van der Waals surface area contributed by atoms with E-state index in [1.54, 1.807) is 0 Å². The quantitative estimate of drug-likeness (QED) is 0.824. The summed E-state index contributed by atoms with van der Waals surface area (Å²) in [6.07, 6.45) is 0. The predicted molar refractivity (Wildman–Crippen MR) is 86.3 cm³/mol. The molecule has 114 valence electrons. The molecule has 0 aliphatic rings. The summed E-state index contributed by atoms with van der Waals surface area (Å²) in [6.45, 7) is 3.88. The van der Waals surface area contributed by atoms with Crippen molar-refractivity contribution in [3.8, 4) is 0 Å². The number of sulfonamides is 1. The van der Waals surface area contributed by atoms with Gasteiger partial charge in [0.15, 0.2) is 0 Å². The summed E-state index contributed by atoms with van der Waals surface area (Å²) in [5.74, 6) is -0.520. The van der Waals surface area contributed by atoms with E-state index in [4.69, 9.17) is 0 Å². The van der Waals surface area contributed by atoms with Gasteiger partial charge >= 0.3 is 0 Å². The maximum atomic E-state index is 13.5. The normalized spacial score (nSPS) is 13.6. The van der Waals surface area contributed by atoms with Gasteiger partial charge in [-0.3, -0.25) is 0 Å². The van der Waals surface area contributed by atoms with Crippen molar-refractivity contribution in [2.75, 3.05) is 0 Å². The first-order valence-electron chi connectivity index (χ1n) is 6.32. The van der Waals surface area contributed by atoms with Gasteiger partial charge in [-0.15, -0.1) is 11.3 Å². The lowest BCUT2D eigenvalue weighted by atomic mass is 10.0. The van der Waals surface area contributed by atoms with Gasteiger partial charge in [0.05, 0.1) is 15.4 Å². The summed E-state index contributed by atoms with van der Waals surface area (Å²) in [4.78, 5) is 0.858. The van der Waals surface area contributed by atoms with Gasteiger partial charge in [0, 0.05) is 4.88 Å². The molecule has 0 saturated heterocycles. The van der Waals surface area contributed by atoms with Crippen LogP contribution in [-0.4, -0.2) is 8.42 Å². The van der Waals surface area contributed by atoms with Crippen LogP contribution < -0.4 is 4.72 Å². The lowest BCUT2D eigenvalue weighted by Crippen LogP contribution is -2.31. The number of rotatable bonds is 5. The zero-order valence-corrected chi connectivity index (χ0v) is 14.7. The third-order valence-corrected chi connectivity index (χ3v) is 6.04. The van der Waals surface area contributed by atoms with Gasteiger partial charge in [-0.05, 0) is 51.5 Å². The smallest absolute Gasteiger partial charge is 0.207 e. The number of thiophene rings is 1. The van der Waals surface area contributed by atoms with Crippen molar-refractivity contribution < 1.29 is 12.8 Å². The Kier molecular flexibility index (Phi) is 5.19. The highest BCUT2D eigenvalue weighted by molar-refractivity contribution is 9.10. The number of hydrogen-bond donors (Lipinski definition) is 1. The number of nitrogens with one attached hydrogen (secondary N) is 1.